The zero-order valence-corrected chi connectivity index (χ0v) is 12.9. The number of rotatable bonds is 5. The molecule has 0 radical (unpaired) electrons. The Kier molecular flexibility index (Phi) is 4.42. The van der Waals surface area contributed by atoms with E-state index >= 15 is 0 Å². The molecule has 102 valence electrons. The van der Waals surface area contributed by atoms with E-state index in [2.05, 4.69) is 27.8 Å². The average molecular weight is 323 g/mol. The highest BCUT2D eigenvalue weighted by Crippen LogP contribution is 2.25. The van der Waals surface area contributed by atoms with Crippen molar-refractivity contribution in [1.29, 1.82) is 0 Å². The summed E-state index contributed by atoms with van der Waals surface area (Å²) in [6.07, 6.45) is 5.26. The third-order valence-corrected chi connectivity index (χ3v) is 3.65. The van der Waals surface area contributed by atoms with Crippen LogP contribution in [0.1, 0.15) is 31.7 Å². The predicted molar refractivity (Wildman–Crippen MR) is 79.9 cm³/mol. The summed E-state index contributed by atoms with van der Waals surface area (Å²) in [7, 11) is 0. The van der Waals surface area contributed by atoms with Gasteiger partial charge in [0, 0.05) is 29.8 Å². The summed E-state index contributed by atoms with van der Waals surface area (Å²) in [4.78, 5) is 4.32. The average Bonchev–Trinajstić information content (AvgIpc) is 2.81. The van der Waals surface area contributed by atoms with Gasteiger partial charge >= 0.3 is 0 Å². The molecular weight excluding hydrogens is 304 g/mol. The van der Waals surface area contributed by atoms with E-state index in [1.165, 1.54) is 0 Å². The number of hydrogen-bond donors (Lipinski definition) is 1. The van der Waals surface area contributed by atoms with Gasteiger partial charge in [0.25, 0.3) is 0 Å². The number of aryl methyl sites for hydroxylation is 1. The van der Waals surface area contributed by atoms with Crippen molar-refractivity contribution in [2.45, 2.75) is 38.8 Å². The van der Waals surface area contributed by atoms with Crippen LogP contribution in [0.2, 0.25) is 0 Å². The van der Waals surface area contributed by atoms with Crippen molar-refractivity contribution in [1.82, 2.24) is 9.55 Å². The van der Waals surface area contributed by atoms with Gasteiger partial charge in [0.2, 0.25) is 0 Å². The first kappa shape index (κ1) is 14.3. The summed E-state index contributed by atoms with van der Waals surface area (Å²) in [6.45, 7) is 4.82. The Morgan fingerprint density at radius 1 is 1.32 bits per heavy atom. The smallest absolute Gasteiger partial charge is 0.140 e. The Hall–Kier alpha value is -1.13. The number of hydrogen-bond acceptors (Lipinski definition) is 2. The van der Waals surface area contributed by atoms with Gasteiger partial charge in [-0.25, -0.2) is 4.98 Å². The van der Waals surface area contributed by atoms with Crippen LogP contribution in [0.5, 0.6) is 0 Å². The van der Waals surface area contributed by atoms with Crippen LogP contribution in [0.25, 0.3) is 0 Å². The summed E-state index contributed by atoms with van der Waals surface area (Å²) in [5.74, 6) is 0.734. The minimum atomic E-state index is -0.952. The molecule has 0 bridgehead atoms. The fraction of sp³-hybridized carbons (Fsp3) is 0.400. The molecule has 0 saturated heterocycles. The summed E-state index contributed by atoms with van der Waals surface area (Å²) >= 11 is 3.42. The van der Waals surface area contributed by atoms with Crippen LogP contribution in [0, 0.1) is 0 Å². The minimum Gasteiger partial charge on any atom is -0.382 e. The van der Waals surface area contributed by atoms with E-state index in [-0.39, 0.29) is 0 Å². The maximum Gasteiger partial charge on any atom is 0.140 e. The first-order valence-electron chi connectivity index (χ1n) is 6.51. The highest BCUT2D eigenvalue weighted by atomic mass is 79.9. The van der Waals surface area contributed by atoms with Gasteiger partial charge in [0.1, 0.15) is 11.4 Å². The third kappa shape index (κ3) is 3.45. The summed E-state index contributed by atoms with van der Waals surface area (Å²) in [6, 6.07) is 8.02. The number of aliphatic hydroxyl groups is 1. The largest absolute Gasteiger partial charge is 0.382 e. The Balaban J connectivity index is 2.21. The van der Waals surface area contributed by atoms with E-state index in [4.69, 9.17) is 0 Å². The molecule has 0 amide bonds. The van der Waals surface area contributed by atoms with Crippen LogP contribution in [0.3, 0.4) is 0 Å². The monoisotopic (exact) mass is 322 g/mol. The predicted octanol–water partition coefficient (Wildman–Crippen LogP) is 3.51. The summed E-state index contributed by atoms with van der Waals surface area (Å²) in [5, 5.41) is 10.7. The van der Waals surface area contributed by atoms with Gasteiger partial charge in [-0.2, -0.15) is 0 Å². The molecular formula is C15H19BrN2O. The van der Waals surface area contributed by atoms with Crippen LogP contribution in [0.4, 0.5) is 0 Å². The molecule has 4 heteroatoms. The molecule has 2 rings (SSSR count). The van der Waals surface area contributed by atoms with E-state index in [0.717, 1.165) is 28.8 Å². The van der Waals surface area contributed by atoms with Crippen LogP contribution in [0.15, 0.2) is 41.1 Å². The molecule has 3 nitrogen and oxygen atoms in total. The summed E-state index contributed by atoms with van der Waals surface area (Å²) in [5.41, 5.74) is 0.145. The van der Waals surface area contributed by atoms with Crippen molar-refractivity contribution in [3.63, 3.8) is 0 Å². The number of imidazole rings is 1. The van der Waals surface area contributed by atoms with Crippen LogP contribution >= 0.6 is 15.9 Å². The molecule has 0 aliphatic heterocycles. The Bertz CT molecular complexity index is 531. The van der Waals surface area contributed by atoms with Crippen LogP contribution in [-0.2, 0) is 18.6 Å². The Labute approximate surface area is 122 Å². The van der Waals surface area contributed by atoms with Gasteiger partial charge in [-0.15, -0.1) is 0 Å². The Morgan fingerprint density at radius 2 is 2.00 bits per heavy atom. The molecule has 19 heavy (non-hydrogen) atoms. The molecule has 2 aromatic rings. The number of benzene rings is 1. The highest BCUT2D eigenvalue weighted by Gasteiger charge is 2.28. The molecule has 0 aliphatic carbocycles. The lowest BCUT2D eigenvalue weighted by molar-refractivity contribution is 0.0442. The van der Waals surface area contributed by atoms with Crippen molar-refractivity contribution in [3.05, 3.63) is 52.5 Å². The van der Waals surface area contributed by atoms with Gasteiger partial charge in [-0.1, -0.05) is 35.0 Å². The third-order valence-electron chi connectivity index (χ3n) is 3.12. The molecule has 1 N–H and O–H groups in total. The number of aromatic nitrogens is 2. The lowest BCUT2D eigenvalue weighted by Crippen LogP contribution is -2.28. The van der Waals surface area contributed by atoms with E-state index in [9.17, 15) is 5.11 Å². The van der Waals surface area contributed by atoms with Gasteiger partial charge in [0.15, 0.2) is 0 Å². The lowest BCUT2D eigenvalue weighted by Gasteiger charge is -2.24. The van der Waals surface area contributed by atoms with Crippen molar-refractivity contribution >= 4 is 15.9 Å². The zero-order valence-electron chi connectivity index (χ0n) is 11.3. The lowest BCUT2D eigenvalue weighted by atomic mass is 9.95. The second-order valence-corrected chi connectivity index (χ2v) is 5.94. The fourth-order valence-corrected chi connectivity index (χ4v) is 2.54. The molecule has 1 aromatic carbocycles. The summed E-state index contributed by atoms with van der Waals surface area (Å²) < 4.78 is 3.07. The Morgan fingerprint density at radius 3 is 2.63 bits per heavy atom. The van der Waals surface area contributed by atoms with Gasteiger partial charge in [-0.3, -0.25) is 0 Å². The molecule has 1 atom stereocenters. The second kappa shape index (κ2) is 5.88. The van der Waals surface area contributed by atoms with Crippen molar-refractivity contribution in [2.75, 3.05) is 0 Å². The van der Waals surface area contributed by atoms with Crippen molar-refractivity contribution in [2.24, 2.45) is 0 Å². The molecule has 0 spiro atoms. The van der Waals surface area contributed by atoms with E-state index in [0.29, 0.717) is 6.42 Å². The highest BCUT2D eigenvalue weighted by molar-refractivity contribution is 9.10. The number of nitrogens with zero attached hydrogens (tertiary/aromatic N) is 2. The molecule has 0 aliphatic rings. The van der Waals surface area contributed by atoms with E-state index < -0.39 is 5.60 Å². The number of halogens is 1. The van der Waals surface area contributed by atoms with Crippen molar-refractivity contribution in [3.8, 4) is 0 Å². The van der Waals surface area contributed by atoms with E-state index in [1.807, 2.05) is 42.0 Å². The van der Waals surface area contributed by atoms with Crippen molar-refractivity contribution < 1.29 is 5.11 Å². The van der Waals surface area contributed by atoms with Gasteiger partial charge in [0.05, 0.1) is 0 Å². The fourth-order valence-electron chi connectivity index (χ4n) is 2.28. The maximum absolute atomic E-state index is 10.7. The normalized spacial score (nSPS) is 14.3. The molecule has 0 fully saturated rings. The van der Waals surface area contributed by atoms with Gasteiger partial charge in [-0.05, 0) is 31.0 Å². The van der Waals surface area contributed by atoms with E-state index in [1.54, 1.807) is 6.20 Å². The first-order chi connectivity index (χ1) is 9.03. The SMILES string of the molecule is CCCn1ccnc1C(C)(O)Cc1ccc(Br)cc1. The maximum atomic E-state index is 10.7. The van der Waals surface area contributed by atoms with Crippen LogP contribution in [-0.4, -0.2) is 14.7 Å². The molecule has 1 unspecified atom stereocenters. The second-order valence-electron chi connectivity index (χ2n) is 5.02. The first-order valence-corrected chi connectivity index (χ1v) is 7.30. The zero-order chi connectivity index (χ0) is 13.9. The minimum absolute atomic E-state index is 0.557. The topological polar surface area (TPSA) is 38.0 Å². The molecule has 1 aromatic heterocycles. The van der Waals surface area contributed by atoms with Gasteiger partial charge < -0.3 is 9.67 Å². The standard InChI is InChI=1S/C15H19BrN2O/c1-3-9-18-10-8-17-14(18)15(2,19)11-12-4-6-13(16)7-5-12/h4-8,10,19H,3,9,11H2,1-2H3. The molecule has 0 saturated carbocycles. The quantitative estimate of drug-likeness (QED) is 0.914. The molecule has 1 heterocycles. The van der Waals surface area contributed by atoms with Crippen LogP contribution < -0.4 is 0 Å².